The molecule has 4 heteroatoms. The number of nitrogens with one attached hydrogen (secondary N) is 1. The highest BCUT2D eigenvalue weighted by Crippen LogP contribution is 2.27. The molecule has 0 aromatic carbocycles. The Kier molecular flexibility index (Phi) is 3.65. The van der Waals surface area contributed by atoms with Crippen LogP contribution in [0, 0.1) is 0 Å². The maximum absolute atomic E-state index is 5.12. The number of ether oxygens (including phenoxy) is 2. The van der Waals surface area contributed by atoms with E-state index in [9.17, 15) is 0 Å². The zero-order valence-corrected chi connectivity index (χ0v) is 7.87. The summed E-state index contributed by atoms with van der Waals surface area (Å²) in [6.07, 6.45) is 0. The van der Waals surface area contributed by atoms with Crippen molar-refractivity contribution < 1.29 is 9.47 Å². The van der Waals surface area contributed by atoms with E-state index in [0.29, 0.717) is 13.2 Å². The van der Waals surface area contributed by atoms with Gasteiger partial charge in [0.15, 0.2) is 0 Å². The summed E-state index contributed by atoms with van der Waals surface area (Å²) in [5.74, 6) is 1.15. The Morgan fingerprint density at radius 2 is 2.00 bits per heavy atom. The summed E-state index contributed by atoms with van der Waals surface area (Å²) in [6, 6.07) is 0. The van der Waals surface area contributed by atoms with Gasteiger partial charge in [-0.3, -0.25) is 5.32 Å². The molecule has 1 N–H and O–H groups in total. The molecular weight excluding hydrogens is 162 g/mol. The highest BCUT2D eigenvalue weighted by molar-refractivity contribution is 8.00. The molecule has 0 unspecified atom stereocenters. The molecule has 0 spiro atoms. The van der Waals surface area contributed by atoms with Crippen LogP contribution in [-0.2, 0) is 9.47 Å². The first-order chi connectivity index (χ1) is 5.33. The molecule has 3 nitrogen and oxygen atoms in total. The van der Waals surface area contributed by atoms with E-state index in [4.69, 9.17) is 9.47 Å². The molecule has 0 aromatic rings. The van der Waals surface area contributed by atoms with Gasteiger partial charge in [0.1, 0.15) is 4.87 Å². The minimum absolute atomic E-state index is 0.0174. The fourth-order valence-corrected chi connectivity index (χ4v) is 2.47. The summed E-state index contributed by atoms with van der Waals surface area (Å²) in [7, 11) is 3.44. The molecule has 1 aliphatic heterocycles. The lowest BCUT2D eigenvalue weighted by Crippen LogP contribution is -2.45. The Hall–Kier alpha value is 0.230. The van der Waals surface area contributed by atoms with Crippen molar-refractivity contribution in [3.63, 3.8) is 0 Å². The van der Waals surface area contributed by atoms with Gasteiger partial charge in [0.05, 0.1) is 13.2 Å². The number of hydrogen-bond acceptors (Lipinski definition) is 4. The first kappa shape index (κ1) is 9.32. The van der Waals surface area contributed by atoms with E-state index in [1.165, 1.54) is 0 Å². The van der Waals surface area contributed by atoms with Gasteiger partial charge in [-0.15, -0.1) is 11.8 Å². The molecule has 0 aliphatic carbocycles. The second-order valence-electron chi connectivity index (χ2n) is 2.64. The second-order valence-corrected chi connectivity index (χ2v) is 4.11. The average Bonchev–Trinajstić information content (AvgIpc) is 2.39. The van der Waals surface area contributed by atoms with Crippen LogP contribution in [-0.4, -0.2) is 44.6 Å². The zero-order chi connectivity index (χ0) is 8.16. The van der Waals surface area contributed by atoms with Gasteiger partial charge >= 0.3 is 0 Å². The minimum atomic E-state index is 0.0174. The Balaban J connectivity index is 2.40. The maximum Gasteiger partial charge on any atom is 0.112 e. The number of thioether (sulfide) groups is 1. The van der Waals surface area contributed by atoms with E-state index in [0.717, 1.165) is 12.3 Å². The van der Waals surface area contributed by atoms with E-state index in [1.54, 1.807) is 14.2 Å². The van der Waals surface area contributed by atoms with Gasteiger partial charge in [-0.25, -0.2) is 0 Å². The van der Waals surface area contributed by atoms with Gasteiger partial charge in [-0.05, 0) is 0 Å². The Labute approximate surface area is 71.8 Å². The molecule has 1 rings (SSSR count). The van der Waals surface area contributed by atoms with Crippen LogP contribution in [0.15, 0.2) is 0 Å². The lowest BCUT2D eigenvalue weighted by atomic mass is 10.3. The largest absolute Gasteiger partial charge is 0.382 e. The highest BCUT2D eigenvalue weighted by atomic mass is 32.2. The lowest BCUT2D eigenvalue weighted by molar-refractivity contribution is 0.0921. The third-order valence-corrected chi connectivity index (χ3v) is 3.02. The molecule has 0 saturated carbocycles. The molecule has 0 bridgehead atoms. The SMILES string of the molecule is COCC1(COC)NCCS1. The summed E-state index contributed by atoms with van der Waals surface area (Å²) in [5.41, 5.74) is 0. The number of hydrogen-bond donors (Lipinski definition) is 1. The van der Waals surface area contributed by atoms with Crippen molar-refractivity contribution in [1.82, 2.24) is 5.32 Å². The van der Waals surface area contributed by atoms with Crippen molar-refractivity contribution >= 4 is 11.8 Å². The van der Waals surface area contributed by atoms with Crippen LogP contribution >= 0.6 is 11.8 Å². The molecule has 0 aromatic heterocycles. The van der Waals surface area contributed by atoms with Crippen molar-refractivity contribution in [2.75, 3.05) is 39.7 Å². The van der Waals surface area contributed by atoms with Gasteiger partial charge in [0, 0.05) is 26.5 Å². The molecule has 11 heavy (non-hydrogen) atoms. The van der Waals surface area contributed by atoms with Crippen molar-refractivity contribution in [1.29, 1.82) is 0 Å². The first-order valence-electron chi connectivity index (χ1n) is 3.70. The molecule has 0 radical (unpaired) electrons. The van der Waals surface area contributed by atoms with E-state index in [-0.39, 0.29) is 4.87 Å². The number of rotatable bonds is 4. The summed E-state index contributed by atoms with van der Waals surface area (Å²) in [4.78, 5) is 0.0174. The van der Waals surface area contributed by atoms with Crippen molar-refractivity contribution in [3.8, 4) is 0 Å². The molecule has 1 saturated heterocycles. The highest BCUT2D eigenvalue weighted by Gasteiger charge is 2.34. The molecule has 0 atom stereocenters. The summed E-state index contributed by atoms with van der Waals surface area (Å²) >= 11 is 1.88. The van der Waals surface area contributed by atoms with Crippen molar-refractivity contribution in [2.45, 2.75) is 4.87 Å². The molecule has 0 amide bonds. The van der Waals surface area contributed by atoms with Gasteiger partial charge in [0.25, 0.3) is 0 Å². The number of methoxy groups -OCH3 is 2. The van der Waals surface area contributed by atoms with E-state index in [2.05, 4.69) is 5.32 Å². The predicted molar refractivity (Wildman–Crippen MR) is 46.9 cm³/mol. The van der Waals surface area contributed by atoms with Crippen LogP contribution in [0.25, 0.3) is 0 Å². The summed E-state index contributed by atoms with van der Waals surface area (Å²) in [5, 5.41) is 3.38. The predicted octanol–water partition coefficient (Wildman–Crippen LogP) is 0.312. The molecule has 1 aliphatic rings. The topological polar surface area (TPSA) is 30.5 Å². The van der Waals surface area contributed by atoms with Crippen LogP contribution in [0.3, 0.4) is 0 Å². The van der Waals surface area contributed by atoms with Crippen LogP contribution < -0.4 is 5.32 Å². The van der Waals surface area contributed by atoms with Crippen LogP contribution in [0.1, 0.15) is 0 Å². The Bertz CT molecular complexity index is 107. The second kappa shape index (κ2) is 4.30. The van der Waals surface area contributed by atoms with E-state index >= 15 is 0 Å². The van der Waals surface area contributed by atoms with Crippen LogP contribution in [0.4, 0.5) is 0 Å². The van der Waals surface area contributed by atoms with Crippen molar-refractivity contribution in [3.05, 3.63) is 0 Å². The standard InChI is InChI=1S/C7H15NO2S/c1-9-5-7(6-10-2)8-3-4-11-7/h8H,3-6H2,1-2H3. The van der Waals surface area contributed by atoms with E-state index in [1.807, 2.05) is 11.8 Å². The lowest BCUT2D eigenvalue weighted by Gasteiger charge is -2.26. The fourth-order valence-electron chi connectivity index (χ4n) is 1.27. The Morgan fingerprint density at radius 1 is 1.36 bits per heavy atom. The van der Waals surface area contributed by atoms with Gasteiger partial charge < -0.3 is 9.47 Å². The quantitative estimate of drug-likeness (QED) is 0.669. The Morgan fingerprint density at radius 3 is 2.36 bits per heavy atom. The summed E-state index contributed by atoms with van der Waals surface area (Å²) < 4.78 is 10.2. The monoisotopic (exact) mass is 177 g/mol. The normalized spacial score (nSPS) is 22.4. The van der Waals surface area contributed by atoms with E-state index < -0.39 is 0 Å². The third kappa shape index (κ3) is 2.33. The summed E-state index contributed by atoms with van der Waals surface area (Å²) in [6.45, 7) is 2.48. The van der Waals surface area contributed by atoms with Gasteiger partial charge in [-0.2, -0.15) is 0 Å². The average molecular weight is 177 g/mol. The molecule has 1 fully saturated rings. The van der Waals surface area contributed by atoms with Crippen LogP contribution in [0.2, 0.25) is 0 Å². The third-order valence-electron chi connectivity index (χ3n) is 1.68. The smallest absolute Gasteiger partial charge is 0.112 e. The molecule has 1 heterocycles. The molecular formula is C7H15NO2S. The minimum Gasteiger partial charge on any atom is -0.382 e. The zero-order valence-electron chi connectivity index (χ0n) is 7.05. The maximum atomic E-state index is 5.12. The van der Waals surface area contributed by atoms with Gasteiger partial charge in [-0.1, -0.05) is 0 Å². The molecule has 66 valence electrons. The first-order valence-corrected chi connectivity index (χ1v) is 4.68. The fraction of sp³-hybridized carbons (Fsp3) is 1.00. The van der Waals surface area contributed by atoms with Crippen LogP contribution in [0.5, 0.6) is 0 Å². The van der Waals surface area contributed by atoms with Gasteiger partial charge in [0.2, 0.25) is 0 Å². The van der Waals surface area contributed by atoms with Crippen molar-refractivity contribution in [2.24, 2.45) is 0 Å².